The molecule has 4 aliphatic rings. The minimum atomic E-state index is -0.290. The third kappa shape index (κ3) is 6.09. The van der Waals surface area contributed by atoms with E-state index in [0.29, 0.717) is 18.8 Å². The van der Waals surface area contributed by atoms with Gasteiger partial charge in [-0.05, 0) is 96.9 Å². The van der Waals surface area contributed by atoms with Crippen LogP contribution in [0.25, 0.3) is 6.08 Å². The van der Waals surface area contributed by atoms with Crippen molar-refractivity contribution in [1.82, 2.24) is 9.80 Å². The van der Waals surface area contributed by atoms with E-state index in [9.17, 15) is 14.7 Å². The molecule has 2 aromatic rings. The number of carbonyl (C=O) groups excluding carboxylic acids is 2. The fourth-order valence-electron chi connectivity index (χ4n) is 7.93. The zero-order valence-corrected chi connectivity index (χ0v) is 28.1. The first-order valence-corrected chi connectivity index (χ1v) is 17.1. The maximum absolute atomic E-state index is 14.0. The summed E-state index contributed by atoms with van der Waals surface area (Å²) in [6.45, 7) is 7.51. The Morgan fingerprint density at radius 2 is 1.86 bits per heavy atom. The molecule has 0 saturated carbocycles. The standard InChI is InChI=1S/C36H43IN2O5/c1-4-23(17-25-18-29(37)34(40)31(19-25)43-3)10-11-30-32-22(2)16-27-33(28(32)21-44-30)36(42)39(35(27)41)26-12-14-38(15-13-26)20-24-8-6-5-7-9-24/h5-9,17-19,26-28,30,33,40H,4,10-16,20-21H2,1-3H3/b23-17+/t27-,28+,30-,33-/m1/s1. The number of nitrogens with zero attached hydrogens (tertiary/aromatic N) is 2. The molecule has 3 fully saturated rings. The van der Waals surface area contributed by atoms with Gasteiger partial charge in [0.25, 0.3) is 0 Å². The number of imide groups is 1. The summed E-state index contributed by atoms with van der Waals surface area (Å²) >= 11 is 2.13. The first kappa shape index (κ1) is 31.3. The summed E-state index contributed by atoms with van der Waals surface area (Å²) in [5.74, 6) is 0.166. The third-order valence-electron chi connectivity index (χ3n) is 10.2. The van der Waals surface area contributed by atoms with Crippen LogP contribution in [0.15, 0.2) is 59.2 Å². The number of hydrogen-bond acceptors (Lipinski definition) is 6. The van der Waals surface area contributed by atoms with Crippen LogP contribution in [-0.2, 0) is 20.9 Å². The second-order valence-electron chi connectivity index (χ2n) is 12.8. The minimum Gasteiger partial charge on any atom is -0.504 e. The van der Waals surface area contributed by atoms with Gasteiger partial charge in [0.15, 0.2) is 11.5 Å². The van der Waals surface area contributed by atoms with E-state index in [1.807, 2.05) is 18.2 Å². The Balaban J connectivity index is 1.10. The molecule has 0 unspecified atom stereocenters. The van der Waals surface area contributed by atoms with Crippen molar-refractivity contribution in [1.29, 1.82) is 0 Å². The summed E-state index contributed by atoms with van der Waals surface area (Å²) in [6.07, 6.45) is 7.12. The summed E-state index contributed by atoms with van der Waals surface area (Å²) in [4.78, 5) is 31.8. The molecule has 6 rings (SSSR count). The van der Waals surface area contributed by atoms with Crippen molar-refractivity contribution in [3.63, 3.8) is 0 Å². The Morgan fingerprint density at radius 1 is 1.11 bits per heavy atom. The number of likely N-dealkylation sites (tertiary alicyclic amines) is 2. The van der Waals surface area contributed by atoms with Crippen molar-refractivity contribution in [2.75, 3.05) is 26.8 Å². The van der Waals surface area contributed by atoms with Crippen molar-refractivity contribution in [3.05, 3.63) is 73.9 Å². The van der Waals surface area contributed by atoms with Crippen LogP contribution in [0.5, 0.6) is 11.5 Å². The number of amides is 2. The lowest BCUT2D eigenvalue weighted by Gasteiger charge is -2.36. The number of hydrogen-bond donors (Lipinski definition) is 1. The first-order valence-electron chi connectivity index (χ1n) is 16.0. The molecule has 0 aromatic heterocycles. The van der Waals surface area contributed by atoms with E-state index < -0.39 is 0 Å². The van der Waals surface area contributed by atoms with Gasteiger partial charge in [-0.15, -0.1) is 0 Å². The van der Waals surface area contributed by atoms with E-state index in [1.54, 1.807) is 12.0 Å². The van der Waals surface area contributed by atoms with Crippen molar-refractivity contribution in [2.24, 2.45) is 17.8 Å². The minimum absolute atomic E-state index is 0.00429. The van der Waals surface area contributed by atoms with Gasteiger partial charge in [0.05, 0.1) is 35.2 Å². The Hall–Kier alpha value is -2.69. The van der Waals surface area contributed by atoms with Gasteiger partial charge in [-0.1, -0.05) is 54.5 Å². The van der Waals surface area contributed by atoms with E-state index in [4.69, 9.17) is 9.47 Å². The Kier molecular flexibility index (Phi) is 9.50. The van der Waals surface area contributed by atoms with Gasteiger partial charge in [-0.2, -0.15) is 0 Å². The predicted molar refractivity (Wildman–Crippen MR) is 179 cm³/mol. The lowest BCUT2D eigenvalue weighted by atomic mass is 9.70. The molecule has 4 atom stereocenters. The van der Waals surface area contributed by atoms with Gasteiger partial charge in [0.1, 0.15) is 0 Å². The van der Waals surface area contributed by atoms with Crippen LogP contribution in [0, 0.1) is 21.3 Å². The summed E-state index contributed by atoms with van der Waals surface area (Å²) in [7, 11) is 1.57. The lowest BCUT2D eigenvalue weighted by Crippen LogP contribution is -2.47. The van der Waals surface area contributed by atoms with Crippen molar-refractivity contribution in [3.8, 4) is 11.5 Å². The molecule has 234 valence electrons. The highest BCUT2D eigenvalue weighted by atomic mass is 127. The maximum Gasteiger partial charge on any atom is 0.234 e. The molecule has 2 aromatic carbocycles. The van der Waals surface area contributed by atoms with E-state index in [0.717, 1.165) is 60.9 Å². The van der Waals surface area contributed by atoms with Crippen LogP contribution in [0.1, 0.15) is 63.5 Å². The molecular formula is C36H43IN2O5. The lowest BCUT2D eigenvalue weighted by molar-refractivity contribution is -0.144. The monoisotopic (exact) mass is 710 g/mol. The first-order chi connectivity index (χ1) is 21.3. The highest BCUT2D eigenvalue weighted by Gasteiger charge is 2.57. The van der Waals surface area contributed by atoms with Crippen molar-refractivity contribution < 1.29 is 24.2 Å². The van der Waals surface area contributed by atoms with Gasteiger partial charge < -0.3 is 14.6 Å². The normalized spacial score (nSPS) is 26.4. The number of aromatic hydroxyl groups is 1. The van der Waals surface area contributed by atoms with Crippen LogP contribution >= 0.6 is 22.6 Å². The highest BCUT2D eigenvalue weighted by molar-refractivity contribution is 14.1. The summed E-state index contributed by atoms with van der Waals surface area (Å²) in [5.41, 5.74) is 6.10. The molecule has 2 amide bonds. The number of halogens is 1. The topological polar surface area (TPSA) is 79.3 Å². The number of benzene rings is 2. The third-order valence-corrected chi connectivity index (χ3v) is 11.0. The van der Waals surface area contributed by atoms with Gasteiger partial charge in [-0.3, -0.25) is 19.4 Å². The van der Waals surface area contributed by atoms with Crippen LogP contribution < -0.4 is 4.74 Å². The fourth-order valence-corrected chi connectivity index (χ4v) is 8.55. The van der Waals surface area contributed by atoms with E-state index in [1.165, 1.54) is 22.3 Å². The van der Waals surface area contributed by atoms with Gasteiger partial charge >= 0.3 is 0 Å². The summed E-state index contributed by atoms with van der Waals surface area (Å²) < 4.78 is 12.5. The number of methoxy groups -OCH3 is 1. The van der Waals surface area contributed by atoms with Gasteiger partial charge in [0.2, 0.25) is 11.8 Å². The van der Waals surface area contributed by atoms with Crippen LogP contribution in [0.4, 0.5) is 0 Å². The molecule has 8 heteroatoms. The highest BCUT2D eigenvalue weighted by Crippen LogP contribution is 2.50. The molecule has 3 aliphatic heterocycles. The number of piperidine rings is 1. The van der Waals surface area contributed by atoms with Crippen LogP contribution in [0.2, 0.25) is 0 Å². The quantitative estimate of drug-likeness (QED) is 0.180. The number of carbonyl (C=O) groups is 2. The second kappa shape index (κ2) is 13.3. The Labute approximate surface area is 274 Å². The predicted octanol–water partition coefficient (Wildman–Crippen LogP) is 6.58. The average molecular weight is 711 g/mol. The number of ether oxygens (including phenoxy) is 2. The van der Waals surface area contributed by atoms with Gasteiger partial charge in [0, 0.05) is 31.6 Å². The maximum atomic E-state index is 14.0. The SMILES string of the molecule is CC/C(=C\c1cc(I)c(O)c(OC)c1)CC[C@H]1OC[C@H]2C1=C(C)C[C@H]1C(=O)N(C3CCN(Cc4ccccc4)CC3)C(=O)[C@H]12. The average Bonchev–Trinajstić information content (AvgIpc) is 3.56. The fraction of sp³-hybridized carbons (Fsp3) is 0.500. The Morgan fingerprint density at radius 3 is 2.57 bits per heavy atom. The molecule has 44 heavy (non-hydrogen) atoms. The van der Waals surface area contributed by atoms with Gasteiger partial charge in [-0.25, -0.2) is 0 Å². The molecule has 1 aliphatic carbocycles. The number of allylic oxidation sites excluding steroid dienone is 2. The molecule has 1 N–H and O–H groups in total. The number of rotatable bonds is 9. The van der Waals surface area contributed by atoms with E-state index in [2.05, 4.69) is 71.7 Å². The summed E-state index contributed by atoms with van der Waals surface area (Å²) in [6, 6.07) is 14.3. The molecule has 0 bridgehead atoms. The number of fused-ring (bicyclic) bond motifs is 3. The van der Waals surface area contributed by atoms with Crippen molar-refractivity contribution in [2.45, 2.75) is 71.1 Å². The van der Waals surface area contributed by atoms with Crippen LogP contribution in [-0.4, -0.2) is 65.7 Å². The van der Waals surface area contributed by atoms with E-state index in [-0.39, 0.29) is 47.5 Å². The molecule has 3 heterocycles. The van der Waals surface area contributed by atoms with E-state index >= 15 is 0 Å². The molecular weight excluding hydrogens is 667 g/mol. The molecule has 0 radical (unpaired) electrons. The number of phenolic OH excluding ortho intramolecular Hbond substituents is 1. The molecule has 7 nitrogen and oxygen atoms in total. The summed E-state index contributed by atoms with van der Waals surface area (Å²) in [5, 5.41) is 10.2. The largest absolute Gasteiger partial charge is 0.504 e. The Bertz CT molecular complexity index is 1460. The molecule has 3 saturated heterocycles. The smallest absolute Gasteiger partial charge is 0.234 e. The zero-order chi connectivity index (χ0) is 31.0. The molecule has 0 spiro atoms. The van der Waals surface area contributed by atoms with Crippen molar-refractivity contribution >= 4 is 40.5 Å². The second-order valence-corrected chi connectivity index (χ2v) is 14.0. The van der Waals surface area contributed by atoms with Crippen LogP contribution in [0.3, 0.4) is 0 Å². The number of phenols is 1. The zero-order valence-electron chi connectivity index (χ0n) is 25.9.